The van der Waals surface area contributed by atoms with Gasteiger partial charge in [-0.25, -0.2) is 9.18 Å². The summed E-state index contributed by atoms with van der Waals surface area (Å²) < 4.78 is 18.9. The van der Waals surface area contributed by atoms with E-state index >= 15 is 0 Å². The smallest absolute Gasteiger partial charge is 0.338 e. The third-order valence-electron chi connectivity index (χ3n) is 3.52. The van der Waals surface area contributed by atoms with E-state index in [0.29, 0.717) is 21.3 Å². The number of thioether (sulfide) groups is 1. The van der Waals surface area contributed by atoms with Crippen molar-refractivity contribution in [2.75, 3.05) is 5.32 Å². The van der Waals surface area contributed by atoms with Crippen LogP contribution >= 0.6 is 27.7 Å². The molecule has 7 heteroatoms. The van der Waals surface area contributed by atoms with Gasteiger partial charge in [0.25, 0.3) is 0 Å². The molecule has 0 bridgehead atoms. The van der Waals surface area contributed by atoms with E-state index in [1.54, 1.807) is 24.3 Å². The number of nitrogens with one attached hydrogen (secondary N) is 1. The summed E-state index contributed by atoms with van der Waals surface area (Å²) in [6.45, 7) is 1.85. The second kappa shape index (κ2) is 6.94. The van der Waals surface area contributed by atoms with Crippen molar-refractivity contribution in [3.05, 3.63) is 57.8 Å². The first-order valence-corrected chi connectivity index (χ1v) is 8.84. The maximum absolute atomic E-state index is 13.1. The monoisotopic (exact) mass is 409 g/mol. The molecule has 0 radical (unpaired) electrons. The second-order valence-corrected chi connectivity index (χ2v) is 7.51. The molecule has 0 fully saturated rings. The van der Waals surface area contributed by atoms with Crippen LogP contribution in [-0.2, 0) is 16.1 Å². The van der Waals surface area contributed by atoms with E-state index in [2.05, 4.69) is 21.2 Å². The lowest BCUT2D eigenvalue weighted by atomic mass is 10.2. The van der Waals surface area contributed by atoms with E-state index in [1.807, 2.05) is 6.92 Å². The summed E-state index contributed by atoms with van der Waals surface area (Å²) >= 11 is 4.68. The lowest BCUT2D eigenvalue weighted by Gasteiger charge is -2.21. The predicted octanol–water partition coefficient (Wildman–Crippen LogP) is 4.38. The maximum atomic E-state index is 13.1. The molecular weight excluding hydrogens is 397 g/mol. The number of rotatable bonds is 3. The predicted molar refractivity (Wildman–Crippen MR) is 93.6 cm³/mol. The van der Waals surface area contributed by atoms with Gasteiger partial charge in [-0.15, -0.1) is 11.8 Å². The molecule has 2 aromatic carbocycles. The second-order valence-electron chi connectivity index (χ2n) is 5.27. The first-order chi connectivity index (χ1) is 11.4. The van der Waals surface area contributed by atoms with Gasteiger partial charge in [0.05, 0.1) is 16.5 Å². The minimum Gasteiger partial charge on any atom is -0.457 e. The van der Waals surface area contributed by atoms with E-state index in [-0.39, 0.29) is 23.6 Å². The zero-order valence-electron chi connectivity index (χ0n) is 12.6. The Morgan fingerprint density at radius 3 is 2.88 bits per heavy atom. The van der Waals surface area contributed by atoms with Crippen LogP contribution in [0.2, 0.25) is 0 Å². The highest BCUT2D eigenvalue weighted by molar-refractivity contribution is 9.10. The Hall–Kier alpha value is -1.86. The molecule has 1 atom stereocenters. The van der Waals surface area contributed by atoms with Crippen LogP contribution in [0.4, 0.5) is 10.1 Å². The lowest BCUT2D eigenvalue weighted by molar-refractivity contribution is -0.115. The van der Waals surface area contributed by atoms with Crippen LogP contribution in [-0.4, -0.2) is 17.1 Å². The summed E-state index contributed by atoms with van der Waals surface area (Å²) in [5, 5.41) is 2.62. The molecule has 1 heterocycles. The Labute approximate surface area is 150 Å². The number of halogens is 2. The third-order valence-corrected chi connectivity index (χ3v) is 5.44. The van der Waals surface area contributed by atoms with Crippen molar-refractivity contribution < 1.29 is 18.7 Å². The average molecular weight is 410 g/mol. The number of ether oxygens (including phenoxy) is 1. The number of hydrogen-bond acceptors (Lipinski definition) is 4. The Balaban J connectivity index is 1.72. The molecule has 0 aromatic heterocycles. The van der Waals surface area contributed by atoms with E-state index in [9.17, 15) is 14.0 Å². The zero-order chi connectivity index (χ0) is 17.3. The summed E-state index contributed by atoms with van der Waals surface area (Å²) in [5.41, 5.74) is 1.63. The lowest BCUT2D eigenvalue weighted by Crippen LogP contribution is -2.26. The van der Waals surface area contributed by atoms with E-state index in [1.165, 1.54) is 23.9 Å². The maximum Gasteiger partial charge on any atom is 0.338 e. The topological polar surface area (TPSA) is 55.4 Å². The molecule has 4 nitrogen and oxygen atoms in total. The highest BCUT2D eigenvalue weighted by Gasteiger charge is 2.24. The summed E-state index contributed by atoms with van der Waals surface area (Å²) in [4.78, 5) is 24.8. The van der Waals surface area contributed by atoms with Crippen molar-refractivity contribution in [3.63, 3.8) is 0 Å². The van der Waals surface area contributed by atoms with Gasteiger partial charge in [0, 0.05) is 14.9 Å². The highest BCUT2D eigenvalue weighted by atomic mass is 79.9. The molecule has 1 aliphatic heterocycles. The molecule has 1 amide bonds. The first kappa shape index (κ1) is 17.0. The normalized spacial score (nSPS) is 16.3. The van der Waals surface area contributed by atoms with Crippen molar-refractivity contribution in [1.29, 1.82) is 0 Å². The molecule has 0 aliphatic carbocycles. The highest BCUT2D eigenvalue weighted by Crippen LogP contribution is 2.36. The van der Waals surface area contributed by atoms with Gasteiger partial charge in [-0.05, 0) is 37.3 Å². The van der Waals surface area contributed by atoms with Crippen LogP contribution in [0.15, 0.2) is 45.8 Å². The Bertz CT molecular complexity index is 827. The van der Waals surface area contributed by atoms with Gasteiger partial charge >= 0.3 is 5.97 Å². The third kappa shape index (κ3) is 3.62. The fourth-order valence-corrected chi connectivity index (χ4v) is 3.60. The minimum atomic E-state index is -0.508. The van der Waals surface area contributed by atoms with Crippen molar-refractivity contribution in [1.82, 2.24) is 0 Å². The van der Waals surface area contributed by atoms with E-state index < -0.39 is 5.97 Å². The number of carbonyl (C=O) groups is 2. The van der Waals surface area contributed by atoms with Gasteiger partial charge in [-0.2, -0.15) is 0 Å². The number of benzene rings is 2. The Kier molecular flexibility index (Phi) is 4.91. The largest absolute Gasteiger partial charge is 0.457 e. The number of amides is 1. The SMILES string of the molecule is CC1Sc2ccc(C(=O)OCc3ccc(F)cc3Br)cc2NC1=O. The average Bonchev–Trinajstić information content (AvgIpc) is 2.54. The fourth-order valence-electron chi connectivity index (χ4n) is 2.20. The quantitative estimate of drug-likeness (QED) is 0.764. The van der Waals surface area contributed by atoms with Crippen molar-refractivity contribution in [3.8, 4) is 0 Å². The number of esters is 1. The minimum absolute atomic E-state index is 0.0227. The number of hydrogen-bond donors (Lipinski definition) is 1. The van der Waals surface area contributed by atoms with E-state index in [4.69, 9.17) is 4.74 Å². The molecular formula is C17H13BrFNO3S. The summed E-state index contributed by atoms with van der Waals surface area (Å²) in [6, 6.07) is 9.24. The molecule has 124 valence electrons. The first-order valence-electron chi connectivity index (χ1n) is 7.16. The molecule has 1 unspecified atom stereocenters. The molecule has 3 rings (SSSR count). The zero-order valence-corrected chi connectivity index (χ0v) is 15.0. The van der Waals surface area contributed by atoms with Gasteiger partial charge in [0.1, 0.15) is 12.4 Å². The van der Waals surface area contributed by atoms with Crippen LogP contribution in [0.1, 0.15) is 22.8 Å². The van der Waals surface area contributed by atoms with Crippen LogP contribution in [0, 0.1) is 5.82 Å². The molecule has 0 spiro atoms. The number of carbonyl (C=O) groups excluding carboxylic acids is 2. The summed E-state index contributed by atoms with van der Waals surface area (Å²) in [5.74, 6) is -0.964. The van der Waals surface area contributed by atoms with Gasteiger partial charge in [-0.1, -0.05) is 22.0 Å². The Morgan fingerprint density at radius 2 is 2.12 bits per heavy atom. The molecule has 0 saturated heterocycles. The van der Waals surface area contributed by atoms with Gasteiger partial charge in [0.2, 0.25) is 5.91 Å². The fraction of sp³-hybridized carbons (Fsp3) is 0.176. The van der Waals surface area contributed by atoms with Crippen molar-refractivity contribution in [2.24, 2.45) is 0 Å². The summed E-state index contributed by atoms with van der Waals surface area (Å²) in [7, 11) is 0. The number of anilines is 1. The standard InChI is InChI=1S/C17H13BrFNO3S/c1-9-16(21)20-14-6-10(3-5-15(14)24-9)17(22)23-8-11-2-4-12(19)7-13(11)18/h2-7,9H,8H2,1H3,(H,20,21). The van der Waals surface area contributed by atoms with Crippen LogP contribution in [0.25, 0.3) is 0 Å². The van der Waals surface area contributed by atoms with Crippen LogP contribution in [0.3, 0.4) is 0 Å². The molecule has 24 heavy (non-hydrogen) atoms. The molecule has 0 saturated carbocycles. The van der Waals surface area contributed by atoms with Crippen LogP contribution in [0.5, 0.6) is 0 Å². The van der Waals surface area contributed by atoms with Crippen LogP contribution < -0.4 is 5.32 Å². The van der Waals surface area contributed by atoms with Crippen molar-refractivity contribution >= 4 is 45.3 Å². The molecule has 1 aliphatic rings. The number of fused-ring (bicyclic) bond motifs is 1. The van der Waals surface area contributed by atoms with Gasteiger partial charge < -0.3 is 10.1 Å². The van der Waals surface area contributed by atoms with Crippen molar-refractivity contribution in [2.45, 2.75) is 23.7 Å². The molecule has 2 aromatic rings. The van der Waals surface area contributed by atoms with Gasteiger partial charge in [0.15, 0.2) is 0 Å². The Morgan fingerprint density at radius 1 is 1.33 bits per heavy atom. The molecule has 1 N–H and O–H groups in total. The van der Waals surface area contributed by atoms with Gasteiger partial charge in [-0.3, -0.25) is 4.79 Å². The summed E-state index contributed by atoms with van der Waals surface area (Å²) in [6.07, 6.45) is 0. The van der Waals surface area contributed by atoms with E-state index in [0.717, 1.165) is 4.90 Å².